The van der Waals surface area contributed by atoms with E-state index in [9.17, 15) is 14.7 Å². The van der Waals surface area contributed by atoms with Crippen molar-refractivity contribution in [2.24, 2.45) is 11.8 Å². The molecule has 0 amide bonds. The second-order valence-corrected chi connectivity index (χ2v) is 4.75. The van der Waals surface area contributed by atoms with Gasteiger partial charge < -0.3 is 14.9 Å². The molecule has 3 unspecified atom stereocenters. The fraction of sp³-hybridized carbons (Fsp3) is 0.385. The van der Waals surface area contributed by atoms with Gasteiger partial charge in [-0.1, -0.05) is 0 Å². The van der Waals surface area contributed by atoms with Crippen LogP contribution >= 0.6 is 0 Å². The van der Waals surface area contributed by atoms with Gasteiger partial charge in [0.2, 0.25) is 0 Å². The highest BCUT2D eigenvalue weighted by molar-refractivity contribution is 6.04. The van der Waals surface area contributed by atoms with Gasteiger partial charge in [0.05, 0.1) is 17.4 Å². The maximum absolute atomic E-state index is 12.3. The number of Topliss-reactive ketones (excluding diaryl/α,β-unsaturated/α-hetero) is 1. The summed E-state index contributed by atoms with van der Waals surface area (Å²) in [5, 5.41) is 18.5. The molecule has 0 bridgehead atoms. The summed E-state index contributed by atoms with van der Waals surface area (Å²) in [4.78, 5) is 23.4. The molecule has 0 saturated heterocycles. The Balaban J connectivity index is 2.04. The average molecular weight is 248 g/mol. The summed E-state index contributed by atoms with van der Waals surface area (Å²) >= 11 is 0. The maximum atomic E-state index is 12.3. The number of fused-ring (bicyclic) bond motifs is 2. The van der Waals surface area contributed by atoms with E-state index in [1.807, 2.05) is 0 Å². The lowest BCUT2D eigenvalue weighted by Gasteiger charge is -2.29. The van der Waals surface area contributed by atoms with Crippen LogP contribution in [0.25, 0.3) is 0 Å². The molecule has 2 aliphatic rings. The third kappa shape index (κ3) is 1.47. The van der Waals surface area contributed by atoms with Crippen molar-refractivity contribution in [3.8, 4) is 11.5 Å². The standard InChI is InChI=1S/C13H12O5/c14-6-1-3-9-8(5-6)12(15)11-7(13(16)17)2-4-10(11)18-9/h1,3,5,7,10-11,14H,2,4H2,(H,16,17). The molecule has 1 fully saturated rings. The molecule has 1 aliphatic carbocycles. The van der Waals surface area contributed by atoms with Crippen LogP contribution in [0.5, 0.6) is 11.5 Å². The first-order valence-corrected chi connectivity index (χ1v) is 5.84. The number of carbonyl (C=O) groups is 2. The Labute approximate surface area is 103 Å². The number of ketones is 1. The SMILES string of the molecule is O=C(O)C1CCC2Oc3ccc(O)cc3C(=O)C21. The molecule has 1 aromatic rings. The summed E-state index contributed by atoms with van der Waals surface area (Å²) in [6.45, 7) is 0. The lowest BCUT2D eigenvalue weighted by molar-refractivity contribution is -0.142. The lowest BCUT2D eigenvalue weighted by atomic mass is 9.85. The fourth-order valence-electron chi connectivity index (χ4n) is 2.88. The molecule has 3 atom stereocenters. The summed E-state index contributed by atoms with van der Waals surface area (Å²) in [5.74, 6) is -2.08. The van der Waals surface area contributed by atoms with Crippen LogP contribution in [0.4, 0.5) is 0 Å². The topological polar surface area (TPSA) is 83.8 Å². The van der Waals surface area contributed by atoms with Crippen LogP contribution < -0.4 is 4.74 Å². The van der Waals surface area contributed by atoms with Gasteiger partial charge in [0.25, 0.3) is 0 Å². The summed E-state index contributed by atoms with van der Waals surface area (Å²) < 4.78 is 5.67. The highest BCUT2D eigenvalue weighted by Crippen LogP contribution is 2.43. The van der Waals surface area contributed by atoms with Crippen molar-refractivity contribution in [1.29, 1.82) is 0 Å². The second-order valence-electron chi connectivity index (χ2n) is 4.75. The molecule has 5 nitrogen and oxygen atoms in total. The quantitative estimate of drug-likeness (QED) is 0.785. The zero-order valence-electron chi connectivity index (χ0n) is 9.50. The molecule has 3 rings (SSSR count). The van der Waals surface area contributed by atoms with Gasteiger partial charge in [0.15, 0.2) is 5.78 Å². The summed E-state index contributed by atoms with van der Waals surface area (Å²) in [5.41, 5.74) is 0.282. The molecular formula is C13H12O5. The Morgan fingerprint density at radius 3 is 2.83 bits per heavy atom. The van der Waals surface area contributed by atoms with E-state index in [2.05, 4.69) is 0 Å². The number of carboxylic acid groups (broad SMARTS) is 1. The number of carbonyl (C=O) groups excluding carboxylic acids is 1. The molecular weight excluding hydrogens is 236 g/mol. The minimum Gasteiger partial charge on any atom is -0.508 e. The summed E-state index contributed by atoms with van der Waals surface area (Å²) in [6, 6.07) is 4.34. The van der Waals surface area contributed by atoms with E-state index in [-0.39, 0.29) is 23.2 Å². The van der Waals surface area contributed by atoms with Crippen molar-refractivity contribution >= 4 is 11.8 Å². The van der Waals surface area contributed by atoms with Crippen molar-refractivity contribution in [3.63, 3.8) is 0 Å². The molecule has 1 saturated carbocycles. The van der Waals surface area contributed by atoms with Gasteiger partial charge in [-0.05, 0) is 31.0 Å². The van der Waals surface area contributed by atoms with Crippen LogP contribution in [-0.2, 0) is 4.79 Å². The minimum atomic E-state index is -0.956. The van der Waals surface area contributed by atoms with Crippen molar-refractivity contribution in [1.82, 2.24) is 0 Å². The summed E-state index contributed by atoms with van der Waals surface area (Å²) in [6.07, 6.45) is 0.681. The van der Waals surface area contributed by atoms with Gasteiger partial charge in [-0.25, -0.2) is 0 Å². The van der Waals surface area contributed by atoms with Crippen LogP contribution in [0.2, 0.25) is 0 Å². The molecule has 0 radical (unpaired) electrons. The highest BCUT2D eigenvalue weighted by atomic mass is 16.5. The average Bonchev–Trinajstić information content (AvgIpc) is 2.74. The molecule has 5 heteroatoms. The molecule has 1 aromatic carbocycles. The third-order valence-electron chi connectivity index (χ3n) is 3.72. The van der Waals surface area contributed by atoms with Crippen LogP contribution in [0.3, 0.4) is 0 Å². The fourth-order valence-corrected chi connectivity index (χ4v) is 2.88. The van der Waals surface area contributed by atoms with E-state index in [0.29, 0.717) is 18.6 Å². The number of hydrogen-bond donors (Lipinski definition) is 2. The largest absolute Gasteiger partial charge is 0.508 e. The number of benzene rings is 1. The smallest absolute Gasteiger partial charge is 0.307 e. The number of ether oxygens (including phenoxy) is 1. The number of aromatic hydroxyl groups is 1. The number of phenols is 1. The Bertz CT molecular complexity index is 536. The Kier molecular flexibility index (Phi) is 2.29. The number of hydrogen-bond acceptors (Lipinski definition) is 4. The van der Waals surface area contributed by atoms with Gasteiger partial charge in [0.1, 0.15) is 17.6 Å². The van der Waals surface area contributed by atoms with E-state index < -0.39 is 17.8 Å². The predicted molar refractivity (Wildman–Crippen MR) is 60.7 cm³/mol. The number of carboxylic acids is 1. The first-order chi connectivity index (χ1) is 8.58. The van der Waals surface area contributed by atoms with Crippen LogP contribution in [0.1, 0.15) is 23.2 Å². The number of rotatable bonds is 1. The Morgan fingerprint density at radius 1 is 1.33 bits per heavy atom. The van der Waals surface area contributed by atoms with E-state index >= 15 is 0 Å². The molecule has 94 valence electrons. The highest BCUT2D eigenvalue weighted by Gasteiger charge is 2.49. The maximum Gasteiger partial charge on any atom is 0.307 e. The van der Waals surface area contributed by atoms with Crippen molar-refractivity contribution in [2.45, 2.75) is 18.9 Å². The molecule has 1 heterocycles. The Hall–Kier alpha value is -2.04. The molecule has 18 heavy (non-hydrogen) atoms. The van der Waals surface area contributed by atoms with Gasteiger partial charge in [-0.15, -0.1) is 0 Å². The summed E-state index contributed by atoms with van der Waals surface area (Å²) in [7, 11) is 0. The normalized spacial score (nSPS) is 29.3. The predicted octanol–water partition coefficient (Wildman–Crippen LogP) is 1.45. The van der Waals surface area contributed by atoms with Crippen molar-refractivity contribution in [2.75, 3.05) is 0 Å². The van der Waals surface area contributed by atoms with Crippen molar-refractivity contribution < 1.29 is 24.5 Å². The van der Waals surface area contributed by atoms with Gasteiger partial charge >= 0.3 is 5.97 Å². The zero-order chi connectivity index (χ0) is 12.9. The number of aliphatic carboxylic acids is 1. The number of phenolic OH excluding ortho intramolecular Hbond substituents is 1. The molecule has 1 aliphatic heterocycles. The van der Waals surface area contributed by atoms with E-state index in [1.54, 1.807) is 6.07 Å². The Morgan fingerprint density at radius 2 is 2.11 bits per heavy atom. The van der Waals surface area contributed by atoms with E-state index in [1.165, 1.54) is 12.1 Å². The molecule has 2 N–H and O–H groups in total. The van der Waals surface area contributed by atoms with Crippen LogP contribution in [0.15, 0.2) is 18.2 Å². The van der Waals surface area contributed by atoms with Gasteiger partial charge in [-0.3, -0.25) is 9.59 Å². The second kappa shape index (κ2) is 3.73. The monoisotopic (exact) mass is 248 g/mol. The zero-order valence-corrected chi connectivity index (χ0v) is 9.50. The van der Waals surface area contributed by atoms with Gasteiger partial charge in [-0.2, -0.15) is 0 Å². The molecule has 0 spiro atoms. The van der Waals surface area contributed by atoms with Crippen molar-refractivity contribution in [3.05, 3.63) is 23.8 Å². The van der Waals surface area contributed by atoms with Crippen LogP contribution in [0, 0.1) is 11.8 Å². The minimum absolute atomic E-state index is 0.0194. The van der Waals surface area contributed by atoms with Crippen LogP contribution in [-0.4, -0.2) is 28.1 Å². The van der Waals surface area contributed by atoms with E-state index in [4.69, 9.17) is 9.84 Å². The molecule has 0 aromatic heterocycles. The van der Waals surface area contributed by atoms with Gasteiger partial charge in [0, 0.05) is 0 Å². The first-order valence-electron chi connectivity index (χ1n) is 5.84. The third-order valence-corrected chi connectivity index (χ3v) is 3.72. The lowest BCUT2D eigenvalue weighted by Crippen LogP contribution is -2.38. The van der Waals surface area contributed by atoms with E-state index in [0.717, 1.165) is 0 Å². The first kappa shape index (κ1) is 11.1.